The van der Waals surface area contributed by atoms with Crippen LogP contribution in [0.1, 0.15) is 12.3 Å². The van der Waals surface area contributed by atoms with E-state index < -0.39 is 5.97 Å². The molecule has 21 heavy (non-hydrogen) atoms. The summed E-state index contributed by atoms with van der Waals surface area (Å²) in [6, 6.07) is 7.63. The summed E-state index contributed by atoms with van der Waals surface area (Å²) >= 11 is 3.38. The summed E-state index contributed by atoms with van der Waals surface area (Å²) < 4.78 is 6.63. The Bertz CT molecular complexity index is 641. The van der Waals surface area contributed by atoms with Gasteiger partial charge in [-0.2, -0.15) is 0 Å². The third-order valence-electron chi connectivity index (χ3n) is 3.54. The van der Waals surface area contributed by atoms with Gasteiger partial charge in [0.2, 0.25) is 11.8 Å². The lowest BCUT2D eigenvalue weighted by Crippen LogP contribution is -2.22. The lowest BCUT2D eigenvalue weighted by molar-refractivity contribution is -0.141. The summed E-state index contributed by atoms with van der Waals surface area (Å²) in [5, 5.41) is 17.1. The molecule has 6 nitrogen and oxygen atoms in total. The van der Waals surface area contributed by atoms with Crippen LogP contribution in [-0.2, 0) is 11.3 Å². The molecule has 1 fully saturated rings. The van der Waals surface area contributed by atoms with Crippen LogP contribution in [0, 0.1) is 5.92 Å². The third kappa shape index (κ3) is 3.30. The van der Waals surface area contributed by atoms with E-state index in [2.05, 4.69) is 26.1 Å². The van der Waals surface area contributed by atoms with Crippen molar-refractivity contribution in [2.45, 2.75) is 13.0 Å². The molecule has 7 heteroatoms. The Morgan fingerprint density at radius 2 is 2.14 bits per heavy atom. The van der Waals surface area contributed by atoms with Gasteiger partial charge in [0.25, 0.3) is 0 Å². The highest BCUT2D eigenvalue weighted by Crippen LogP contribution is 2.22. The average molecular weight is 352 g/mol. The zero-order chi connectivity index (χ0) is 14.8. The van der Waals surface area contributed by atoms with Crippen molar-refractivity contribution in [1.29, 1.82) is 0 Å². The summed E-state index contributed by atoms with van der Waals surface area (Å²) in [5.74, 6) is -0.0390. The van der Waals surface area contributed by atoms with E-state index in [1.807, 2.05) is 29.2 Å². The van der Waals surface area contributed by atoms with Crippen molar-refractivity contribution in [2.24, 2.45) is 5.92 Å². The predicted octanol–water partition coefficient (Wildman–Crippen LogP) is 2.41. The predicted molar refractivity (Wildman–Crippen MR) is 78.5 cm³/mol. The maximum atomic E-state index is 10.9. The standard InChI is InChI=1S/C14H14BrN3O3/c15-11-3-1-9(2-4-11)13-17-16-12(21-13)8-18-6-5-10(7-18)14(19)20/h1-4,10H,5-8H2,(H,19,20). The Morgan fingerprint density at radius 1 is 1.38 bits per heavy atom. The number of aliphatic carboxylic acids is 1. The van der Waals surface area contributed by atoms with Crippen molar-refractivity contribution in [3.05, 3.63) is 34.6 Å². The fraction of sp³-hybridized carbons (Fsp3) is 0.357. The zero-order valence-corrected chi connectivity index (χ0v) is 12.8. The SMILES string of the molecule is O=C(O)C1CCN(Cc2nnc(-c3ccc(Br)cc3)o2)C1. The van der Waals surface area contributed by atoms with Gasteiger partial charge in [-0.25, -0.2) is 0 Å². The van der Waals surface area contributed by atoms with E-state index in [4.69, 9.17) is 9.52 Å². The van der Waals surface area contributed by atoms with E-state index in [0.29, 0.717) is 31.3 Å². The van der Waals surface area contributed by atoms with Gasteiger partial charge in [-0.15, -0.1) is 10.2 Å². The highest BCUT2D eigenvalue weighted by Gasteiger charge is 2.28. The first kappa shape index (κ1) is 14.2. The van der Waals surface area contributed by atoms with Crippen LogP contribution in [0.2, 0.25) is 0 Å². The van der Waals surface area contributed by atoms with E-state index in [0.717, 1.165) is 16.6 Å². The fourth-order valence-electron chi connectivity index (χ4n) is 2.40. The first-order valence-electron chi connectivity index (χ1n) is 6.65. The molecule has 1 unspecified atom stereocenters. The summed E-state index contributed by atoms with van der Waals surface area (Å²) in [5.41, 5.74) is 0.863. The van der Waals surface area contributed by atoms with Gasteiger partial charge in [-0.3, -0.25) is 9.69 Å². The highest BCUT2D eigenvalue weighted by molar-refractivity contribution is 9.10. The van der Waals surface area contributed by atoms with Gasteiger partial charge >= 0.3 is 5.97 Å². The summed E-state index contributed by atoms with van der Waals surface area (Å²) in [6.45, 7) is 1.77. The van der Waals surface area contributed by atoms with Gasteiger partial charge in [0.1, 0.15) is 0 Å². The lowest BCUT2D eigenvalue weighted by atomic mass is 10.1. The molecule has 0 radical (unpaired) electrons. The number of carbonyl (C=O) groups is 1. The Labute approximate surface area is 129 Å². The Hall–Kier alpha value is -1.73. The number of rotatable bonds is 4. The van der Waals surface area contributed by atoms with E-state index in [-0.39, 0.29) is 5.92 Å². The molecule has 0 saturated carbocycles. The van der Waals surface area contributed by atoms with Crippen molar-refractivity contribution in [1.82, 2.24) is 15.1 Å². The second-order valence-corrected chi connectivity index (χ2v) is 5.98. The van der Waals surface area contributed by atoms with Crippen LogP contribution in [-0.4, -0.2) is 39.3 Å². The van der Waals surface area contributed by atoms with Crippen LogP contribution in [0.15, 0.2) is 33.2 Å². The van der Waals surface area contributed by atoms with Gasteiger partial charge in [-0.05, 0) is 37.2 Å². The molecule has 1 aromatic carbocycles. The molecule has 2 aromatic rings. The molecule has 0 spiro atoms. The number of halogens is 1. The van der Waals surface area contributed by atoms with Crippen molar-refractivity contribution in [3.8, 4) is 11.5 Å². The van der Waals surface area contributed by atoms with Gasteiger partial charge in [0.15, 0.2) is 0 Å². The van der Waals surface area contributed by atoms with Gasteiger partial charge in [0, 0.05) is 16.6 Å². The minimum absolute atomic E-state index is 0.293. The largest absolute Gasteiger partial charge is 0.481 e. The zero-order valence-electron chi connectivity index (χ0n) is 11.2. The molecule has 1 atom stereocenters. The van der Waals surface area contributed by atoms with Gasteiger partial charge in [0.05, 0.1) is 12.5 Å². The lowest BCUT2D eigenvalue weighted by Gasteiger charge is -2.11. The van der Waals surface area contributed by atoms with E-state index in [1.54, 1.807) is 0 Å². The molecular formula is C14H14BrN3O3. The number of carboxylic acids is 1. The molecule has 1 aromatic heterocycles. The first-order valence-corrected chi connectivity index (χ1v) is 7.44. The highest BCUT2D eigenvalue weighted by atomic mass is 79.9. The molecular weight excluding hydrogens is 338 g/mol. The van der Waals surface area contributed by atoms with Crippen molar-refractivity contribution in [2.75, 3.05) is 13.1 Å². The molecule has 0 aliphatic carbocycles. The third-order valence-corrected chi connectivity index (χ3v) is 4.07. The molecule has 2 heterocycles. The normalized spacial score (nSPS) is 19.0. The Morgan fingerprint density at radius 3 is 2.81 bits per heavy atom. The van der Waals surface area contributed by atoms with E-state index in [9.17, 15) is 4.79 Å². The summed E-state index contributed by atoms with van der Waals surface area (Å²) in [7, 11) is 0. The van der Waals surface area contributed by atoms with Crippen LogP contribution in [0.4, 0.5) is 0 Å². The second-order valence-electron chi connectivity index (χ2n) is 5.07. The number of hydrogen-bond acceptors (Lipinski definition) is 5. The number of carboxylic acid groups (broad SMARTS) is 1. The fourth-order valence-corrected chi connectivity index (χ4v) is 2.66. The van der Waals surface area contributed by atoms with E-state index >= 15 is 0 Å². The Balaban J connectivity index is 1.66. The molecule has 3 rings (SSSR count). The number of likely N-dealkylation sites (tertiary alicyclic amines) is 1. The number of hydrogen-bond donors (Lipinski definition) is 1. The molecule has 1 saturated heterocycles. The quantitative estimate of drug-likeness (QED) is 0.910. The minimum Gasteiger partial charge on any atom is -0.481 e. The Kier molecular flexibility index (Phi) is 4.03. The average Bonchev–Trinajstić information content (AvgIpc) is 3.10. The second kappa shape index (κ2) is 5.95. The topological polar surface area (TPSA) is 79.5 Å². The van der Waals surface area contributed by atoms with Crippen LogP contribution < -0.4 is 0 Å². The molecule has 1 aliphatic heterocycles. The maximum absolute atomic E-state index is 10.9. The van der Waals surface area contributed by atoms with Crippen molar-refractivity contribution < 1.29 is 14.3 Å². The molecule has 0 amide bonds. The molecule has 1 aliphatic rings. The van der Waals surface area contributed by atoms with Crippen molar-refractivity contribution in [3.63, 3.8) is 0 Å². The monoisotopic (exact) mass is 351 g/mol. The smallest absolute Gasteiger partial charge is 0.307 e. The summed E-state index contributed by atoms with van der Waals surface area (Å²) in [4.78, 5) is 13.0. The van der Waals surface area contributed by atoms with Crippen molar-refractivity contribution >= 4 is 21.9 Å². The number of aromatic nitrogens is 2. The van der Waals surface area contributed by atoms with Crippen LogP contribution in [0.5, 0.6) is 0 Å². The van der Waals surface area contributed by atoms with Crippen LogP contribution in [0.3, 0.4) is 0 Å². The summed E-state index contributed by atoms with van der Waals surface area (Å²) in [6.07, 6.45) is 0.670. The first-order chi connectivity index (χ1) is 10.1. The minimum atomic E-state index is -0.737. The van der Waals surface area contributed by atoms with Crippen LogP contribution in [0.25, 0.3) is 11.5 Å². The van der Waals surface area contributed by atoms with E-state index in [1.165, 1.54) is 0 Å². The molecule has 0 bridgehead atoms. The van der Waals surface area contributed by atoms with Gasteiger partial charge < -0.3 is 9.52 Å². The van der Waals surface area contributed by atoms with Crippen LogP contribution >= 0.6 is 15.9 Å². The molecule has 110 valence electrons. The number of nitrogens with zero attached hydrogens (tertiary/aromatic N) is 3. The molecule has 1 N–H and O–H groups in total. The maximum Gasteiger partial charge on any atom is 0.307 e. The number of benzene rings is 1. The van der Waals surface area contributed by atoms with Gasteiger partial charge in [-0.1, -0.05) is 15.9 Å².